The number of alkyl halides is 3. The summed E-state index contributed by atoms with van der Waals surface area (Å²) in [5.74, 6) is -1.01. The second kappa shape index (κ2) is 10.2. The van der Waals surface area contributed by atoms with E-state index in [4.69, 9.17) is 5.26 Å². The highest BCUT2D eigenvalue weighted by atomic mass is 19.4. The van der Waals surface area contributed by atoms with Crippen molar-refractivity contribution in [2.45, 2.75) is 25.7 Å². The summed E-state index contributed by atoms with van der Waals surface area (Å²) in [4.78, 5) is 25.9. The molecule has 0 saturated heterocycles. The molecule has 3 amide bonds. The lowest BCUT2D eigenvalue weighted by molar-refractivity contribution is -0.274. The first kappa shape index (κ1) is 22.5. The predicted octanol–water partition coefficient (Wildman–Crippen LogP) is 3.65. The summed E-state index contributed by atoms with van der Waals surface area (Å²) in [5, 5.41) is 14.1. The minimum absolute atomic E-state index is 0.143. The maximum atomic E-state index is 12.6. The zero-order valence-electron chi connectivity index (χ0n) is 15.9. The van der Waals surface area contributed by atoms with Gasteiger partial charge in [0.15, 0.2) is 6.19 Å². The third kappa shape index (κ3) is 7.01. The summed E-state index contributed by atoms with van der Waals surface area (Å²) < 4.78 is 40.4. The van der Waals surface area contributed by atoms with Gasteiger partial charge in [0.25, 0.3) is 5.91 Å². The van der Waals surface area contributed by atoms with Crippen LogP contribution in [0.4, 0.5) is 23.7 Å². The molecule has 0 aromatic heterocycles. The molecule has 7 nitrogen and oxygen atoms in total. The van der Waals surface area contributed by atoms with Gasteiger partial charge in [0.05, 0.1) is 0 Å². The molecule has 10 heteroatoms. The number of hydrogen-bond acceptors (Lipinski definition) is 4. The van der Waals surface area contributed by atoms with Crippen LogP contribution in [0.1, 0.15) is 12.5 Å². The van der Waals surface area contributed by atoms with E-state index in [1.807, 2.05) is 0 Å². The Morgan fingerprint density at radius 1 is 1.13 bits per heavy atom. The first-order valence-corrected chi connectivity index (χ1v) is 8.90. The molecule has 1 unspecified atom stereocenters. The fourth-order valence-corrected chi connectivity index (χ4v) is 2.58. The number of nitriles is 1. The SMILES string of the molecule is CCN(C#N)C(=O)C(Cc1ccccc1)NC(=O)Nc1ccc(OC(F)(F)F)cc1. The first-order chi connectivity index (χ1) is 14.2. The third-order valence-electron chi connectivity index (χ3n) is 3.93. The molecule has 2 aromatic carbocycles. The van der Waals surface area contributed by atoms with E-state index in [-0.39, 0.29) is 18.7 Å². The fourth-order valence-electron chi connectivity index (χ4n) is 2.58. The van der Waals surface area contributed by atoms with Crippen LogP contribution >= 0.6 is 0 Å². The molecular weight excluding hydrogens is 401 g/mol. The van der Waals surface area contributed by atoms with Crippen molar-refractivity contribution in [3.05, 3.63) is 60.2 Å². The zero-order valence-corrected chi connectivity index (χ0v) is 15.9. The van der Waals surface area contributed by atoms with Crippen molar-refractivity contribution in [1.82, 2.24) is 10.2 Å². The predicted molar refractivity (Wildman–Crippen MR) is 102 cm³/mol. The van der Waals surface area contributed by atoms with Crippen molar-refractivity contribution in [1.29, 1.82) is 5.26 Å². The van der Waals surface area contributed by atoms with Gasteiger partial charge in [-0.1, -0.05) is 30.3 Å². The largest absolute Gasteiger partial charge is 0.573 e. The highest BCUT2D eigenvalue weighted by molar-refractivity contribution is 5.94. The lowest BCUT2D eigenvalue weighted by atomic mass is 10.0. The van der Waals surface area contributed by atoms with Crippen molar-refractivity contribution >= 4 is 17.6 Å². The number of carbonyl (C=O) groups excluding carboxylic acids is 2. The number of carbonyl (C=O) groups is 2. The quantitative estimate of drug-likeness (QED) is 0.528. The monoisotopic (exact) mass is 420 g/mol. The third-order valence-corrected chi connectivity index (χ3v) is 3.93. The molecule has 0 aliphatic heterocycles. The summed E-state index contributed by atoms with van der Waals surface area (Å²) in [6.45, 7) is 1.77. The van der Waals surface area contributed by atoms with Gasteiger partial charge in [-0.15, -0.1) is 13.2 Å². The van der Waals surface area contributed by atoms with Crippen LogP contribution in [0.15, 0.2) is 54.6 Å². The van der Waals surface area contributed by atoms with Crippen LogP contribution in [0.3, 0.4) is 0 Å². The Bertz CT molecular complexity index is 896. The van der Waals surface area contributed by atoms with Crippen molar-refractivity contribution in [2.75, 3.05) is 11.9 Å². The first-order valence-electron chi connectivity index (χ1n) is 8.90. The van der Waals surface area contributed by atoms with E-state index in [1.165, 1.54) is 12.1 Å². The van der Waals surface area contributed by atoms with Crippen LogP contribution in [-0.2, 0) is 11.2 Å². The Morgan fingerprint density at radius 2 is 1.77 bits per heavy atom. The average Bonchev–Trinajstić information content (AvgIpc) is 2.69. The minimum atomic E-state index is -4.82. The van der Waals surface area contributed by atoms with Gasteiger partial charge in [-0.25, -0.2) is 9.69 Å². The van der Waals surface area contributed by atoms with E-state index in [0.717, 1.165) is 22.6 Å². The molecule has 0 heterocycles. The molecule has 0 aliphatic carbocycles. The van der Waals surface area contributed by atoms with E-state index in [9.17, 15) is 22.8 Å². The highest BCUT2D eigenvalue weighted by Gasteiger charge is 2.31. The Kier molecular flexibility index (Phi) is 7.63. The number of nitrogens with one attached hydrogen (secondary N) is 2. The van der Waals surface area contributed by atoms with E-state index < -0.39 is 30.1 Å². The van der Waals surface area contributed by atoms with Gasteiger partial charge in [-0.2, -0.15) is 5.26 Å². The van der Waals surface area contributed by atoms with Crippen molar-refractivity contribution < 1.29 is 27.5 Å². The maximum absolute atomic E-state index is 12.6. The molecule has 158 valence electrons. The molecule has 2 rings (SSSR count). The molecule has 0 aliphatic rings. The van der Waals surface area contributed by atoms with Gasteiger partial charge in [-0.05, 0) is 36.8 Å². The van der Waals surface area contributed by atoms with Crippen LogP contribution in [0.5, 0.6) is 5.75 Å². The van der Waals surface area contributed by atoms with Gasteiger partial charge >= 0.3 is 12.4 Å². The van der Waals surface area contributed by atoms with Gasteiger partial charge < -0.3 is 15.4 Å². The van der Waals surface area contributed by atoms with Crippen molar-refractivity contribution in [3.63, 3.8) is 0 Å². The van der Waals surface area contributed by atoms with Crippen LogP contribution in [-0.4, -0.2) is 35.8 Å². The maximum Gasteiger partial charge on any atom is 0.573 e. The number of nitrogens with zero attached hydrogens (tertiary/aromatic N) is 2. The van der Waals surface area contributed by atoms with E-state index >= 15 is 0 Å². The minimum Gasteiger partial charge on any atom is -0.406 e. The van der Waals surface area contributed by atoms with Crippen molar-refractivity contribution in [3.8, 4) is 11.9 Å². The second-order valence-corrected chi connectivity index (χ2v) is 6.10. The Morgan fingerprint density at radius 3 is 2.30 bits per heavy atom. The number of ether oxygens (including phenoxy) is 1. The lowest BCUT2D eigenvalue weighted by Crippen LogP contribution is -2.49. The fraction of sp³-hybridized carbons (Fsp3) is 0.250. The molecule has 2 aromatic rings. The number of anilines is 1. The molecule has 0 fully saturated rings. The topological polar surface area (TPSA) is 94.5 Å². The Labute approximate surface area is 171 Å². The Hall–Kier alpha value is -3.74. The summed E-state index contributed by atoms with van der Waals surface area (Å²) in [7, 11) is 0. The number of hydrogen-bond donors (Lipinski definition) is 2. The number of rotatable bonds is 7. The number of urea groups is 1. The number of amides is 3. The van der Waals surface area contributed by atoms with Gasteiger partial charge in [0, 0.05) is 18.7 Å². The molecular formula is C20H19F3N4O3. The standard InChI is InChI=1S/C20H19F3N4O3/c1-2-27(13-24)18(28)17(12-14-6-4-3-5-7-14)26-19(29)25-15-8-10-16(11-9-15)30-20(21,22)23/h3-11,17H,2,12H2,1H3,(H2,25,26,29). The van der Waals surface area contributed by atoms with Crippen LogP contribution < -0.4 is 15.4 Å². The summed E-state index contributed by atoms with van der Waals surface area (Å²) >= 11 is 0. The molecule has 30 heavy (non-hydrogen) atoms. The molecule has 0 radical (unpaired) electrons. The van der Waals surface area contributed by atoms with Gasteiger partial charge in [0.2, 0.25) is 0 Å². The second-order valence-electron chi connectivity index (χ2n) is 6.10. The molecule has 0 spiro atoms. The molecule has 1 atom stereocenters. The summed E-state index contributed by atoms with van der Waals surface area (Å²) in [5.41, 5.74) is 0.972. The highest BCUT2D eigenvalue weighted by Crippen LogP contribution is 2.23. The van der Waals surface area contributed by atoms with E-state index in [1.54, 1.807) is 43.4 Å². The average molecular weight is 420 g/mol. The van der Waals surface area contributed by atoms with Crippen LogP contribution in [0, 0.1) is 11.5 Å². The normalized spacial score (nSPS) is 11.7. The van der Waals surface area contributed by atoms with Gasteiger partial charge in [-0.3, -0.25) is 4.79 Å². The smallest absolute Gasteiger partial charge is 0.406 e. The molecule has 2 N–H and O–H groups in total. The number of benzene rings is 2. The number of halogens is 3. The summed E-state index contributed by atoms with van der Waals surface area (Å²) in [6.07, 6.45) is -2.89. The molecule has 0 saturated carbocycles. The van der Waals surface area contributed by atoms with E-state index in [2.05, 4.69) is 15.4 Å². The van der Waals surface area contributed by atoms with Gasteiger partial charge in [0.1, 0.15) is 11.8 Å². The lowest BCUT2D eigenvalue weighted by Gasteiger charge is -2.22. The number of likely N-dealkylation sites (N-methyl/N-ethyl adjacent to an activating group) is 1. The summed E-state index contributed by atoms with van der Waals surface area (Å²) in [6, 6.07) is 11.7. The van der Waals surface area contributed by atoms with Crippen LogP contribution in [0.25, 0.3) is 0 Å². The van der Waals surface area contributed by atoms with Crippen molar-refractivity contribution in [2.24, 2.45) is 0 Å². The van der Waals surface area contributed by atoms with E-state index in [0.29, 0.717) is 0 Å². The zero-order chi connectivity index (χ0) is 22.1. The molecule has 0 bridgehead atoms. The Balaban J connectivity index is 2.08. The van der Waals surface area contributed by atoms with Crippen LogP contribution in [0.2, 0.25) is 0 Å².